The van der Waals surface area contributed by atoms with Gasteiger partial charge in [0, 0.05) is 10.6 Å². The lowest BCUT2D eigenvalue weighted by atomic mass is 10.1. The molecule has 0 spiro atoms. The maximum absolute atomic E-state index is 13.4. The number of carbonyl (C=O) groups is 1. The third-order valence-corrected chi connectivity index (χ3v) is 2.98. The van der Waals surface area contributed by atoms with Crippen molar-refractivity contribution in [2.45, 2.75) is 6.42 Å². The number of aromatic nitrogens is 1. The van der Waals surface area contributed by atoms with Crippen LogP contribution in [0, 0.1) is 5.95 Å². The van der Waals surface area contributed by atoms with Crippen molar-refractivity contribution >= 4 is 29.2 Å². The van der Waals surface area contributed by atoms with Gasteiger partial charge in [0.2, 0.25) is 5.95 Å². The molecule has 0 saturated carbocycles. The molecule has 0 amide bonds. The highest BCUT2D eigenvalue weighted by Gasteiger charge is 2.11. The molecule has 2 rings (SSSR count). The van der Waals surface area contributed by atoms with Gasteiger partial charge in [0.05, 0.1) is 17.1 Å². The summed E-state index contributed by atoms with van der Waals surface area (Å²) in [6.07, 6.45) is -0.287. The predicted molar refractivity (Wildman–Crippen MR) is 71.0 cm³/mol. The summed E-state index contributed by atoms with van der Waals surface area (Å²) < 4.78 is 13.4. The van der Waals surface area contributed by atoms with E-state index in [-0.39, 0.29) is 12.1 Å². The Morgan fingerprint density at radius 2 is 2.00 bits per heavy atom. The van der Waals surface area contributed by atoms with E-state index in [1.54, 1.807) is 18.2 Å². The van der Waals surface area contributed by atoms with Crippen LogP contribution in [0.2, 0.25) is 10.0 Å². The van der Waals surface area contributed by atoms with Crippen molar-refractivity contribution in [1.82, 2.24) is 4.98 Å². The fourth-order valence-corrected chi connectivity index (χ4v) is 2.04. The van der Waals surface area contributed by atoms with E-state index in [9.17, 15) is 9.18 Å². The summed E-state index contributed by atoms with van der Waals surface area (Å²) in [5.41, 5.74) is 1.02. The molecule has 0 atom stereocenters. The highest BCUT2D eigenvalue weighted by molar-refractivity contribution is 6.35. The second-order valence-electron chi connectivity index (χ2n) is 3.88. The molecule has 0 radical (unpaired) electrons. The number of rotatable bonds is 3. The van der Waals surface area contributed by atoms with Gasteiger partial charge < -0.3 is 5.11 Å². The normalized spacial score (nSPS) is 10.5. The summed E-state index contributed by atoms with van der Waals surface area (Å²) in [6, 6.07) is 7.29. The summed E-state index contributed by atoms with van der Waals surface area (Å²) >= 11 is 11.9. The van der Waals surface area contributed by atoms with Gasteiger partial charge in [-0.1, -0.05) is 23.2 Å². The molecule has 19 heavy (non-hydrogen) atoms. The molecule has 2 aromatic rings. The van der Waals surface area contributed by atoms with Gasteiger partial charge in [-0.15, -0.1) is 0 Å². The lowest BCUT2D eigenvalue weighted by Gasteiger charge is -2.06. The first kappa shape index (κ1) is 13.8. The monoisotopic (exact) mass is 299 g/mol. The smallest absolute Gasteiger partial charge is 0.307 e. The maximum Gasteiger partial charge on any atom is 0.307 e. The molecular formula is C13H8Cl2FNO2. The quantitative estimate of drug-likeness (QED) is 0.877. The van der Waals surface area contributed by atoms with Gasteiger partial charge >= 0.3 is 5.97 Å². The first-order chi connectivity index (χ1) is 8.95. The van der Waals surface area contributed by atoms with Crippen LogP contribution in [0.3, 0.4) is 0 Å². The van der Waals surface area contributed by atoms with E-state index >= 15 is 0 Å². The lowest BCUT2D eigenvalue weighted by molar-refractivity contribution is -0.136. The molecular weight excluding hydrogens is 292 g/mol. The Bertz CT molecular complexity index is 647. The predicted octanol–water partition coefficient (Wildman–Crippen LogP) is 3.82. The fraction of sp³-hybridized carbons (Fsp3) is 0.0769. The van der Waals surface area contributed by atoms with Crippen LogP contribution in [0.15, 0.2) is 30.3 Å². The Morgan fingerprint density at radius 1 is 1.26 bits per heavy atom. The van der Waals surface area contributed by atoms with Crippen LogP contribution in [-0.4, -0.2) is 16.1 Å². The fourth-order valence-electron chi connectivity index (χ4n) is 1.66. The number of halogens is 3. The average molecular weight is 300 g/mol. The SMILES string of the molecule is O=C(O)Cc1cc(F)nc(-c2cc(Cl)ccc2Cl)c1. The molecule has 3 nitrogen and oxygen atoms in total. The number of hydrogen-bond donors (Lipinski definition) is 1. The Balaban J connectivity index is 2.52. The highest BCUT2D eigenvalue weighted by Crippen LogP contribution is 2.30. The Kier molecular flexibility index (Phi) is 4.02. The molecule has 0 aliphatic rings. The van der Waals surface area contributed by atoms with Crippen molar-refractivity contribution in [3.05, 3.63) is 51.9 Å². The average Bonchev–Trinajstić information content (AvgIpc) is 2.30. The topological polar surface area (TPSA) is 50.2 Å². The molecule has 1 aromatic heterocycles. The van der Waals surface area contributed by atoms with Crippen molar-refractivity contribution in [3.63, 3.8) is 0 Å². The van der Waals surface area contributed by atoms with E-state index in [4.69, 9.17) is 28.3 Å². The van der Waals surface area contributed by atoms with Gasteiger partial charge in [-0.2, -0.15) is 4.39 Å². The largest absolute Gasteiger partial charge is 0.481 e. The lowest BCUT2D eigenvalue weighted by Crippen LogP contribution is -2.02. The number of aliphatic carboxylic acids is 1. The summed E-state index contributed by atoms with van der Waals surface area (Å²) in [6.45, 7) is 0. The summed E-state index contributed by atoms with van der Waals surface area (Å²) in [7, 11) is 0. The van der Waals surface area contributed by atoms with Crippen LogP contribution in [0.25, 0.3) is 11.3 Å². The minimum absolute atomic E-state index is 0.253. The van der Waals surface area contributed by atoms with E-state index in [1.807, 2.05) is 0 Å². The van der Waals surface area contributed by atoms with E-state index in [0.29, 0.717) is 21.2 Å². The van der Waals surface area contributed by atoms with Crippen LogP contribution in [0.1, 0.15) is 5.56 Å². The molecule has 6 heteroatoms. The molecule has 0 aliphatic carbocycles. The van der Waals surface area contributed by atoms with E-state index in [1.165, 1.54) is 6.07 Å². The number of nitrogens with zero attached hydrogens (tertiary/aromatic N) is 1. The number of benzene rings is 1. The van der Waals surface area contributed by atoms with Crippen LogP contribution in [0.4, 0.5) is 4.39 Å². The minimum atomic E-state index is -1.05. The Labute approximate surface area is 118 Å². The van der Waals surface area contributed by atoms with Gasteiger partial charge in [0.1, 0.15) is 0 Å². The molecule has 0 saturated heterocycles. The zero-order valence-corrected chi connectivity index (χ0v) is 11.0. The minimum Gasteiger partial charge on any atom is -0.481 e. The van der Waals surface area contributed by atoms with Gasteiger partial charge in [-0.05, 0) is 35.9 Å². The number of hydrogen-bond acceptors (Lipinski definition) is 2. The summed E-state index contributed by atoms with van der Waals surface area (Å²) in [5, 5.41) is 9.53. The summed E-state index contributed by atoms with van der Waals surface area (Å²) in [4.78, 5) is 14.4. The standard InChI is InChI=1S/C13H8Cl2FNO2/c14-8-1-2-10(15)9(6-8)11-3-7(5-13(18)19)4-12(16)17-11/h1-4,6H,5H2,(H,18,19). The molecule has 0 unspecified atom stereocenters. The van der Waals surface area contributed by atoms with Gasteiger partial charge in [-0.3, -0.25) is 4.79 Å². The zero-order valence-electron chi connectivity index (χ0n) is 9.53. The highest BCUT2D eigenvalue weighted by atomic mass is 35.5. The third kappa shape index (κ3) is 3.43. The molecule has 0 aliphatic heterocycles. The number of carboxylic acid groups (broad SMARTS) is 1. The van der Waals surface area contributed by atoms with Crippen molar-refractivity contribution in [1.29, 1.82) is 0 Å². The van der Waals surface area contributed by atoms with Crippen molar-refractivity contribution in [2.24, 2.45) is 0 Å². The second kappa shape index (κ2) is 5.55. The van der Waals surface area contributed by atoms with Crippen LogP contribution in [0.5, 0.6) is 0 Å². The number of pyridine rings is 1. The first-order valence-electron chi connectivity index (χ1n) is 5.29. The van der Waals surface area contributed by atoms with E-state index in [0.717, 1.165) is 6.07 Å². The maximum atomic E-state index is 13.4. The van der Waals surface area contributed by atoms with Crippen LogP contribution < -0.4 is 0 Å². The van der Waals surface area contributed by atoms with Crippen molar-refractivity contribution in [3.8, 4) is 11.3 Å². The zero-order chi connectivity index (χ0) is 14.0. The molecule has 98 valence electrons. The first-order valence-corrected chi connectivity index (χ1v) is 6.05. The van der Waals surface area contributed by atoms with E-state index < -0.39 is 11.9 Å². The van der Waals surface area contributed by atoms with E-state index in [2.05, 4.69) is 4.98 Å². The van der Waals surface area contributed by atoms with Crippen LogP contribution >= 0.6 is 23.2 Å². The molecule has 1 aromatic carbocycles. The van der Waals surface area contributed by atoms with Crippen molar-refractivity contribution < 1.29 is 14.3 Å². The molecule has 0 fully saturated rings. The Morgan fingerprint density at radius 3 is 2.68 bits per heavy atom. The van der Waals surface area contributed by atoms with Gasteiger partial charge in [-0.25, -0.2) is 4.98 Å². The van der Waals surface area contributed by atoms with Gasteiger partial charge in [0.15, 0.2) is 0 Å². The molecule has 1 heterocycles. The summed E-state index contributed by atoms with van der Waals surface area (Å²) in [5.74, 6) is -1.81. The van der Waals surface area contributed by atoms with Crippen LogP contribution in [-0.2, 0) is 11.2 Å². The third-order valence-electron chi connectivity index (χ3n) is 2.41. The molecule has 0 bridgehead atoms. The van der Waals surface area contributed by atoms with Gasteiger partial charge in [0.25, 0.3) is 0 Å². The Hall–Kier alpha value is -1.65. The van der Waals surface area contributed by atoms with Crippen molar-refractivity contribution in [2.75, 3.05) is 0 Å². The molecule has 1 N–H and O–H groups in total. The second-order valence-corrected chi connectivity index (χ2v) is 4.72. The number of carboxylic acids is 1.